The van der Waals surface area contributed by atoms with Crippen LogP contribution in [0.1, 0.15) is 6.92 Å². The molecule has 0 amide bonds. The lowest BCUT2D eigenvalue weighted by molar-refractivity contribution is 0.401. The van der Waals surface area contributed by atoms with E-state index in [1.807, 2.05) is 29.7 Å². The molecule has 0 fully saturated rings. The molecular weight excluding hydrogens is 383 g/mol. The van der Waals surface area contributed by atoms with Crippen molar-refractivity contribution in [2.45, 2.75) is 13.5 Å². The van der Waals surface area contributed by atoms with Crippen LogP contribution in [0.4, 0.5) is 4.39 Å². The first-order chi connectivity index (χ1) is 14.7. The van der Waals surface area contributed by atoms with Crippen LogP contribution in [0.25, 0.3) is 44.5 Å². The summed E-state index contributed by atoms with van der Waals surface area (Å²) in [6.45, 7) is 2.75. The number of rotatable bonds is 4. The van der Waals surface area contributed by atoms with Crippen LogP contribution in [0.15, 0.2) is 55.1 Å². The number of halogens is 1. The summed E-state index contributed by atoms with van der Waals surface area (Å²) in [6, 6.07) is 10.4. The zero-order chi connectivity index (χ0) is 20.7. The number of hydrogen-bond donors (Lipinski definition) is 0. The van der Waals surface area contributed by atoms with Crippen molar-refractivity contribution >= 4 is 22.2 Å². The van der Waals surface area contributed by atoms with Gasteiger partial charge in [0.2, 0.25) is 5.88 Å². The van der Waals surface area contributed by atoms with Crippen molar-refractivity contribution in [3.8, 4) is 28.1 Å². The summed E-state index contributed by atoms with van der Waals surface area (Å²) in [5, 5.41) is 9.12. The van der Waals surface area contributed by atoms with Gasteiger partial charge in [0.25, 0.3) is 0 Å². The maximum Gasteiger partial charge on any atom is 0.223 e. The molecule has 4 heterocycles. The molecule has 0 bridgehead atoms. The second-order valence-electron chi connectivity index (χ2n) is 6.75. The minimum atomic E-state index is -0.376. The van der Waals surface area contributed by atoms with Gasteiger partial charge in [0.1, 0.15) is 11.3 Å². The highest BCUT2D eigenvalue weighted by Crippen LogP contribution is 2.36. The third kappa shape index (κ3) is 2.85. The SMILES string of the molecule is CCn1cnc2c(-c3ccc(F)c(-c4cc5cccnc5nc4OC)c3)cnnc21. The Bertz CT molecular complexity index is 1400. The molecule has 5 rings (SSSR count). The lowest BCUT2D eigenvalue weighted by atomic mass is 9.99. The van der Waals surface area contributed by atoms with E-state index in [9.17, 15) is 4.39 Å². The number of methoxy groups -OCH3 is 1. The Morgan fingerprint density at radius 3 is 2.80 bits per heavy atom. The van der Waals surface area contributed by atoms with E-state index in [1.165, 1.54) is 13.2 Å². The molecule has 30 heavy (non-hydrogen) atoms. The van der Waals surface area contributed by atoms with Gasteiger partial charge in [-0.15, -0.1) is 5.10 Å². The number of ether oxygens (including phenoxy) is 1. The first kappa shape index (κ1) is 18.1. The van der Waals surface area contributed by atoms with Gasteiger partial charge in [0.15, 0.2) is 11.3 Å². The smallest absolute Gasteiger partial charge is 0.223 e. The molecule has 0 radical (unpaired) electrons. The molecule has 0 aliphatic rings. The van der Waals surface area contributed by atoms with Crippen LogP contribution in [0.3, 0.4) is 0 Å². The third-order valence-electron chi connectivity index (χ3n) is 5.06. The molecular formula is C22H17FN6O. The van der Waals surface area contributed by atoms with E-state index in [0.29, 0.717) is 28.3 Å². The molecule has 0 aliphatic heterocycles. The molecule has 0 spiro atoms. The van der Waals surface area contributed by atoms with E-state index in [-0.39, 0.29) is 5.82 Å². The van der Waals surface area contributed by atoms with Gasteiger partial charge in [-0.25, -0.2) is 14.4 Å². The zero-order valence-electron chi connectivity index (χ0n) is 16.4. The van der Waals surface area contributed by atoms with Gasteiger partial charge in [0.05, 0.1) is 19.6 Å². The number of nitrogens with zero attached hydrogens (tertiary/aromatic N) is 6. The van der Waals surface area contributed by atoms with Crippen LogP contribution in [-0.4, -0.2) is 36.8 Å². The van der Waals surface area contributed by atoms with Crippen LogP contribution >= 0.6 is 0 Å². The van der Waals surface area contributed by atoms with Crippen LogP contribution in [0.2, 0.25) is 0 Å². The molecule has 0 atom stereocenters. The van der Waals surface area contributed by atoms with Gasteiger partial charge < -0.3 is 9.30 Å². The lowest BCUT2D eigenvalue weighted by Crippen LogP contribution is -1.97. The summed E-state index contributed by atoms with van der Waals surface area (Å²) in [7, 11) is 1.51. The first-order valence-corrected chi connectivity index (χ1v) is 9.46. The first-order valence-electron chi connectivity index (χ1n) is 9.46. The van der Waals surface area contributed by atoms with E-state index >= 15 is 0 Å². The molecule has 4 aromatic heterocycles. The maximum absolute atomic E-state index is 14.9. The molecule has 1 aromatic carbocycles. The zero-order valence-corrected chi connectivity index (χ0v) is 16.4. The summed E-state index contributed by atoms with van der Waals surface area (Å²) >= 11 is 0. The predicted octanol–water partition coefficient (Wildman–Crippen LogP) is 4.27. The van der Waals surface area contributed by atoms with Crippen molar-refractivity contribution in [3.05, 3.63) is 60.9 Å². The molecule has 5 aromatic rings. The summed E-state index contributed by atoms with van der Waals surface area (Å²) < 4.78 is 22.3. The van der Waals surface area contributed by atoms with Crippen molar-refractivity contribution < 1.29 is 9.13 Å². The van der Waals surface area contributed by atoms with Crippen LogP contribution in [0.5, 0.6) is 5.88 Å². The van der Waals surface area contributed by atoms with Crippen molar-refractivity contribution in [2.24, 2.45) is 0 Å². The lowest BCUT2D eigenvalue weighted by Gasteiger charge is -2.12. The summed E-state index contributed by atoms with van der Waals surface area (Å²) in [5.41, 5.74) is 4.44. The highest BCUT2D eigenvalue weighted by molar-refractivity contribution is 5.91. The van der Waals surface area contributed by atoms with Crippen LogP contribution < -0.4 is 4.74 Å². The van der Waals surface area contributed by atoms with Crippen molar-refractivity contribution in [3.63, 3.8) is 0 Å². The number of benzene rings is 1. The minimum Gasteiger partial charge on any atom is -0.480 e. The maximum atomic E-state index is 14.9. The molecule has 0 N–H and O–H groups in total. The molecule has 7 nitrogen and oxygen atoms in total. The van der Waals surface area contributed by atoms with Gasteiger partial charge >= 0.3 is 0 Å². The number of aryl methyl sites for hydroxylation is 1. The van der Waals surface area contributed by atoms with Gasteiger partial charge in [-0.2, -0.15) is 10.1 Å². The van der Waals surface area contributed by atoms with E-state index < -0.39 is 0 Å². The van der Waals surface area contributed by atoms with Crippen LogP contribution in [-0.2, 0) is 6.54 Å². The monoisotopic (exact) mass is 400 g/mol. The molecule has 0 aliphatic carbocycles. The van der Waals surface area contributed by atoms with Gasteiger partial charge in [-0.05, 0) is 42.8 Å². The molecule has 0 unspecified atom stereocenters. The van der Waals surface area contributed by atoms with Crippen molar-refractivity contribution in [1.29, 1.82) is 0 Å². The fraction of sp³-hybridized carbons (Fsp3) is 0.136. The third-order valence-corrected chi connectivity index (χ3v) is 5.06. The number of hydrogen-bond acceptors (Lipinski definition) is 6. The number of fused-ring (bicyclic) bond motifs is 2. The van der Waals surface area contributed by atoms with Gasteiger partial charge in [-0.1, -0.05) is 6.07 Å². The second kappa shape index (κ2) is 7.14. The normalized spacial score (nSPS) is 11.3. The highest BCUT2D eigenvalue weighted by atomic mass is 19.1. The topological polar surface area (TPSA) is 78.6 Å². The Labute approximate surface area is 171 Å². The van der Waals surface area contributed by atoms with Crippen molar-refractivity contribution in [2.75, 3.05) is 7.11 Å². The second-order valence-corrected chi connectivity index (χ2v) is 6.75. The quantitative estimate of drug-likeness (QED) is 0.448. The molecule has 0 saturated heterocycles. The average Bonchev–Trinajstić information content (AvgIpc) is 3.22. The van der Waals surface area contributed by atoms with Gasteiger partial charge in [-0.3, -0.25) is 0 Å². The predicted molar refractivity (Wildman–Crippen MR) is 111 cm³/mol. The Morgan fingerprint density at radius 2 is 1.97 bits per heavy atom. The van der Waals surface area contributed by atoms with Crippen molar-refractivity contribution in [1.82, 2.24) is 29.7 Å². The fourth-order valence-corrected chi connectivity index (χ4v) is 3.55. The minimum absolute atomic E-state index is 0.311. The average molecular weight is 400 g/mol. The number of imidazole rings is 1. The Hall–Kier alpha value is -3.94. The number of aromatic nitrogens is 6. The molecule has 8 heteroatoms. The molecule has 148 valence electrons. The summed E-state index contributed by atoms with van der Waals surface area (Å²) in [4.78, 5) is 13.2. The van der Waals surface area contributed by atoms with Crippen LogP contribution in [0, 0.1) is 5.82 Å². The summed E-state index contributed by atoms with van der Waals surface area (Å²) in [5.74, 6) is -0.0649. The number of pyridine rings is 2. The largest absolute Gasteiger partial charge is 0.480 e. The van der Waals surface area contributed by atoms with Gasteiger partial charge in [0, 0.05) is 34.8 Å². The van der Waals surface area contributed by atoms with E-state index in [2.05, 4.69) is 25.1 Å². The Balaban J connectivity index is 1.72. The Kier molecular flexibility index (Phi) is 4.31. The standard InChI is InChI=1S/C22H17FN6O/c1-3-29-12-25-19-17(11-26-28-21(19)29)13-6-7-18(23)15(9-13)16-10-14-5-4-8-24-20(14)27-22(16)30-2/h4-12H,3H2,1-2H3. The van der Waals surface area contributed by atoms with E-state index in [1.54, 1.807) is 30.9 Å². The highest BCUT2D eigenvalue weighted by Gasteiger charge is 2.17. The summed E-state index contributed by atoms with van der Waals surface area (Å²) in [6.07, 6.45) is 5.04. The fourth-order valence-electron chi connectivity index (χ4n) is 3.55. The Morgan fingerprint density at radius 1 is 1.07 bits per heavy atom. The van der Waals surface area contributed by atoms with E-state index in [0.717, 1.165) is 28.6 Å². The van der Waals surface area contributed by atoms with E-state index in [4.69, 9.17) is 4.74 Å². The molecule has 0 saturated carbocycles.